The minimum Gasteiger partial charge on any atom is -0.310 e. The van der Waals surface area contributed by atoms with E-state index in [4.69, 9.17) is 0 Å². The molecule has 1 nitrogen and oxygen atoms in total. The summed E-state index contributed by atoms with van der Waals surface area (Å²) in [6.07, 6.45) is 6.72. The summed E-state index contributed by atoms with van der Waals surface area (Å²) < 4.78 is 14.7. The maximum Gasteiger partial charge on any atom is 0.129 e. The Labute approximate surface area is 130 Å². The van der Waals surface area contributed by atoms with Crippen molar-refractivity contribution in [2.45, 2.75) is 52.0 Å². The normalized spacial score (nSPS) is 24.6. The molecule has 3 heteroatoms. The number of halogens is 2. The van der Waals surface area contributed by atoms with E-state index < -0.39 is 0 Å². The molecule has 0 heterocycles. The number of nitrogens with one attached hydrogen (secondary N) is 1. The van der Waals surface area contributed by atoms with Crippen molar-refractivity contribution in [3.63, 3.8) is 0 Å². The van der Waals surface area contributed by atoms with Crippen LogP contribution in [0.4, 0.5) is 4.39 Å². The molecule has 1 aliphatic rings. The Balaban J connectivity index is 1.78. The number of rotatable bonds is 5. The molecular formula is C17H25BrFN. The monoisotopic (exact) mass is 341 g/mol. The highest BCUT2D eigenvalue weighted by Gasteiger charge is 2.19. The van der Waals surface area contributed by atoms with Crippen LogP contribution in [0.3, 0.4) is 0 Å². The highest BCUT2D eigenvalue weighted by Crippen LogP contribution is 2.30. The van der Waals surface area contributed by atoms with E-state index >= 15 is 0 Å². The van der Waals surface area contributed by atoms with Crippen LogP contribution in [0.25, 0.3) is 0 Å². The largest absolute Gasteiger partial charge is 0.310 e. The molecule has 0 radical (unpaired) electrons. The van der Waals surface area contributed by atoms with Gasteiger partial charge in [-0.15, -0.1) is 0 Å². The number of hydrogen-bond acceptors (Lipinski definition) is 1. The van der Waals surface area contributed by atoms with Crippen LogP contribution in [-0.4, -0.2) is 6.54 Å². The molecule has 112 valence electrons. The zero-order chi connectivity index (χ0) is 14.5. The van der Waals surface area contributed by atoms with Crippen molar-refractivity contribution in [1.82, 2.24) is 5.32 Å². The highest BCUT2D eigenvalue weighted by atomic mass is 79.9. The first-order valence-electron chi connectivity index (χ1n) is 7.74. The molecule has 0 bridgehead atoms. The van der Waals surface area contributed by atoms with Gasteiger partial charge in [-0.1, -0.05) is 48.2 Å². The summed E-state index contributed by atoms with van der Waals surface area (Å²) in [4.78, 5) is 0. The Kier molecular flexibility index (Phi) is 6.03. The molecule has 3 unspecified atom stereocenters. The molecule has 1 fully saturated rings. The van der Waals surface area contributed by atoms with Gasteiger partial charge in [-0.25, -0.2) is 4.39 Å². The number of hydrogen-bond donors (Lipinski definition) is 1. The van der Waals surface area contributed by atoms with Crippen molar-refractivity contribution in [3.8, 4) is 0 Å². The average Bonchev–Trinajstić information content (AvgIpc) is 2.38. The molecule has 2 rings (SSSR count). The zero-order valence-corrected chi connectivity index (χ0v) is 14.0. The van der Waals surface area contributed by atoms with Gasteiger partial charge in [0.1, 0.15) is 5.82 Å². The van der Waals surface area contributed by atoms with Gasteiger partial charge < -0.3 is 5.32 Å². The van der Waals surface area contributed by atoms with Crippen molar-refractivity contribution >= 4 is 15.9 Å². The first kappa shape index (κ1) is 16.0. The fraction of sp³-hybridized carbons (Fsp3) is 0.647. The topological polar surface area (TPSA) is 12.0 Å². The van der Waals surface area contributed by atoms with E-state index in [-0.39, 0.29) is 11.9 Å². The molecule has 1 aromatic carbocycles. The maximum atomic E-state index is 13.9. The zero-order valence-electron chi connectivity index (χ0n) is 12.5. The van der Waals surface area contributed by atoms with Gasteiger partial charge >= 0.3 is 0 Å². The molecule has 1 aromatic rings. The second kappa shape index (κ2) is 7.56. The second-order valence-corrected chi connectivity index (χ2v) is 7.18. The van der Waals surface area contributed by atoms with Crippen molar-refractivity contribution in [3.05, 3.63) is 34.1 Å². The van der Waals surface area contributed by atoms with E-state index in [1.54, 1.807) is 0 Å². The molecule has 3 atom stereocenters. The van der Waals surface area contributed by atoms with Gasteiger partial charge in [-0.05, 0) is 50.3 Å². The maximum absolute atomic E-state index is 13.9. The van der Waals surface area contributed by atoms with E-state index in [0.29, 0.717) is 0 Å². The summed E-state index contributed by atoms with van der Waals surface area (Å²) in [5, 5.41) is 3.47. The third-order valence-corrected chi connectivity index (χ3v) is 4.97. The Hall–Kier alpha value is -0.410. The van der Waals surface area contributed by atoms with Gasteiger partial charge in [0.15, 0.2) is 0 Å². The number of benzene rings is 1. The van der Waals surface area contributed by atoms with Crippen LogP contribution < -0.4 is 5.32 Å². The first-order valence-corrected chi connectivity index (χ1v) is 8.54. The van der Waals surface area contributed by atoms with Crippen LogP contribution in [0, 0.1) is 17.7 Å². The van der Waals surface area contributed by atoms with Gasteiger partial charge in [-0.3, -0.25) is 0 Å². The molecule has 20 heavy (non-hydrogen) atoms. The molecule has 0 amide bonds. The van der Waals surface area contributed by atoms with Gasteiger partial charge in [0.05, 0.1) is 0 Å². The third kappa shape index (κ3) is 4.56. The summed E-state index contributed by atoms with van der Waals surface area (Å²) in [5.74, 6) is 1.61. The van der Waals surface area contributed by atoms with Crippen molar-refractivity contribution in [2.75, 3.05) is 6.54 Å². The molecule has 0 aliphatic heterocycles. The van der Waals surface area contributed by atoms with Crippen LogP contribution in [0.5, 0.6) is 0 Å². The summed E-state index contributed by atoms with van der Waals surface area (Å²) in [7, 11) is 0. The smallest absolute Gasteiger partial charge is 0.129 e. The lowest BCUT2D eigenvalue weighted by Crippen LogP contribution is -2.24. The van der Waals surface area contributed by atoms with Crippen molar-refractivity contribution in [2.24, 2.45) is 11.8 Å². The Morgan fingerprint density at radius 2 is 2.20 bits per heavy atom. The van der Waals surface area contributed by atoms with E-state index in [2.05, 4.69) is 28.2 Å². The fourth-order valence-corrected chi connectivity index (χ4v) is 3.62. The Bertz CT molecular complexity index is 435. The van der Waals surface area contributed by atoms with Crippen LogP contribution in [0.2, 0.25) is 0 Å². The molecule has 1 N–H and O–H groups in total. The molecular weight excluding hydrogens is 317 g/mol. The first-order chi connectivity index (χ1) is 9.56. The Morgan fingerprint density at radius 1 is 1.40 bits per heavy atom. The summed E-state index contributed by atoms with van der Waals surface area (Å²) in [6.45, 7) is 5.38. The molecule has 1 saturated carbocycles. The van der Waals surface area contributed by atoms with E-state index in [0.717, 1.165) is 28.4 Å². The van der Waals surface area contributed by atoms with E-state index in [9.17, 15) is 4.39 Å². The molecule has 0 saturated heterocycles. The lowest BCUT2D eigenvalue weighted by atomic mass is 9.81. The van der Waals surface area contributed by atoms with Gasteiger partial charge in [0.25, 0.3) is 0 Å². The van der Waals surface area contributed by atoms with Gasteiger partial charge in [-0.2, -0.15) is 0 Å². The summed E-state index contributed by atoms with van der Waals surface area (Å²) in [5.41, 5.74) is 0.755. The highest BCUT2D eigenvalue weighted by molar-refractivity contribution is 9.10. The SMILES string of the molecule is CC1CCCC(CCNC(C)c2ccc(Br)cc2F)C1. The summed E-state index contributed by atoms with van der Waals surface area (Å²) >= 11 is 3.30. The predicted octanol–water partition coefficient (Wildman–Crippen LogP) is 5.46. The minimum absolute atomic E-state index is 0.0733. The van der Waals surface area contributed by atoms with E-state index in [1.807, 2.05) is 19.1 Å². The van der Waals surface area contributed by atoms with Crippen LogP contribution >= 0.6 is 15.9 Å². The average molecular weight is 342 g/mol. The quantitative estimate of drug-likeness (QED) is 0.750. The van der Waals surface area contributed by atoms with Crippen molar-refractivity contribution in [1.29, 1.82) is 0 Å². The summed E-state index contributed by atoms with van der Waals surface area (Å²) in [6, 6.07) is 5.37. The Morgan fingerprint density at radius 3 is 2.90 bits per heavy atom. The van der Waals surface area contributed by atoms with Crippen LogP contribution in [-0.2, 0) is 0 Å². The predicted molar refractivity (Wildman–Crippen MR) is 86.3 cm³/mol. The molecule has 0 spiro atoms. The standard InChI is InChI=1S/C17H25BrFN/c1-12-4-3-5-14(10-12)8-9-20-13(2)16-7-6-15(18)11-17(16)19/h6-7,11-14,20H,3-5,8-10H2,1-2H3. The lowest BCUT2D eigenvalue weighted by Gasteiger charge is -2.27. The van der Waals surface area contributed by atoms with Crippen LogP contribution in [0.15, 0.2) is 22.7 Å². The van der Waals surface area contributed by atoms with E-state index in [1.165, 1.54) is 38.2 Å². The lowest BCUT2D eigenvalue weighted by molar-refractivity contribution is 0.265. The van der Waals surface area contributed by atoms with Crippen LogP contribution in [0.1, 0.15) is 57.6 Å². The molecule has 0 aromatic heterocycles. The third-order valence-electron chi connectivity index (χ3n) is 4.48. The second-order valence-electron chi connectivity index (χ2n) is 6.27. The van der Waals surface area contributed by atoms with Gasteiger partial charge in [0, 0.05) is 16.1 Å². The van der Waals surface area contributed by atoms with Gasteiger partial charge in [0.2, 0.25) is 0 Å². The minimum atomic E-state index is -0.134. The fourth-order valence-electron chi connectivity index (χ4n) is 3.29. The van der Waals surface area contributed by atoms with Crippen molar-refractivity contribution < 1.29 is 4.39 Å². The molecule has 1 aliphatic carbocycles.